The van der Waals surface area contributed by atoms with Crippen LogP contribution in [0.2, 0.25) is 0 Å². The van der Waals surface area contributed by atoms with Crippen LogP contribution in [0.4, 0.5) is 11.6 Å². The summed E-state index contributed by atoms with van der Waals surface area (Å²) in [5.74, 6) is 0.838. The summed E-state index contributed by atoms with van der Waals surface area (Å²) in [6, 6.07) is 7.12. The van der Waals surface area contributed by atoms with Crippen LogP contribution < -0.4 is 16.0 Å². The SMILES string of the molecule is CC(=O)c1ccc(N2CCN[C@@H](CC(C)C)C2)nc1C(=O)c1cccnc1N.[HH].[HH].[HH]. The Morgan fingerprint density at radius 3 is 2.79 bits per heavy atom. The van der Waals surface area contributed by atoms with E-state index in [-0.39, 0.29) is 32.9 Å². The van der Waals surface area contributed by atoms with Crippen molar-refractivity contribution >= 4 is 23.2 Å². The van der Waals surface area contributed by atoms with Gasteiger partial charge >= 0.3 is 0 Å². The highest BCUT2D eigenvalue weighted by Crippen LogP contribution is 2.22. The van der Waals surface area contributed by atoms with Crippen LogP contribution in [0, 0.1) is 5.92 Å². The smallest absolute Gasteiger partial charge is 0.215 e. The predicted molar refractivity (Wildman–Crippen MR) is 116 cm³/mol. The van der Waals surface area contributed by atoms with Gasteiger partial charge in [-0.05, 0) is 43.5 Å². The van der Waals surface area contributed by atoms with Crippen LogP contribution in [0.25, 0.3) is 0 Å². The largest absolute Gasteiger partial charge is 0.383 e. The molecule has 0 aliphatic carbocycles. The van der Waals surface area contributed by atoms with E-state index in [1.807, 2.05) is 6.07 Å². The van der Waals surface area contributed by atoms with Crippen molar-refractivity contribution in [2.24, 2.45) is 5.92 Å². The Labute approximate surface area is 169 Å². The van der Waals surface area contributed by atoms with Crippen LogP contribution in [-0.4, -0.2) is 47.2 Å². The molecule has 2 aromatic rings. The van der Waals surface area contributed by atoms with Gasteiger partial charge in [-0.2, -0.15) is 0 Å². The number of piperazine rings is 1. The number of nitrogens with one attached hydrogen (secondary N) is 1. The van der Waals surface area contributed by atoms with Gasteiger partial charge in [0.1, 0.15) is 17.3 Å². The molecule has 0 aromatic carbocycles. The van der Waals surface area contributed by atoms with Crippen molar-refractivity contribution in [2.75, 3.05) is 30.3 Å². The van der Waals surface area contributed by atoms with Crippen molar-refractivity contribution in [1.29, 1.82) is 0 Å². The van der Waals surface area contributed by atoms with Gasteiger partial charge in [0.15, 0.2) is 5.78 Å². The van der Waals surface area contributed by atoms with Gasteiger partial charge in [0.25, 0.3) is 0 Å². The second-order valence-corrected chi connectivity index (χ2v) is 7.61. The lowest BCUT2D eigenvalue weighted by Crippen LogP contribution is -2.51. The normalized spacial score (nSPS) is 17.0. The van der Waals surface area contributed by atoms with Crippen LogP contribution in [0.3, 0.4) is 0 Å². The predicted octanol–water partition coefficient (Wildman–Crippen LogP) is 3.05. The number of anilines is 2. The number of nitrogens with two attached hydrogens (primary N) is 1. The van der Waals surface area contributed by atoms with Crippen LogP contribution in [0.1, 0.15) is 57.9 Å². The lowest BCUT2D eigenvalue weighted by molar-refractivity contribution is 0.0987. The number of nitrogens with zero attached hydrogens (tertiary/aromatic N) is 3. The third kappa shape index (κ3) is 4.36. The molecule has 0 spiro atoms. The molecule has 7 nitrogen and oxygen atoms in total. The van der Waals surface area contributed by atoms with E-state index in [0.29, 0.717) is 23.3 Å². The first-order valence-electron chi connectivity index (χ1n) is 9.62. The second-order valence-electron chi connectivity index (χ2n) is 7.61. The fraction of sp³-hybridized carbons (Fsp3) is 0.429. The Hall–Kier alpha value is -2.80. The zero-order chi connectivity index (χ0) is 20.3. The molecule has 0 amide bonds. The molecule has 3 heterocycles. The maximum Gasteiger partial charge on any atom is 0.215 e. The van der Waals surface area contributed by atoms with Gasteiger partial charge in [-0.1, -0.05) is 13.8 Å². The minimum atomic E-state index is -0.383. The average molecular weight is 388 g/mol. The number of pyridine rings is 2. The number of hydrogen-bond acceptors (Lipinski definition) is 7. The number of carbonyl (C=O) groups is 2. The molecule has 1 atom stereocenters. The monoisotopic (exact) mass is 387 g/mol. The highest BCUT2D eigenvalue weighted by Gasteiger charge is 2.25. The molecule has 0 radical (unpaired) electrons. The van der Waals surface area contributed by atoms with Crippen molar-refractivity contribution < 1.29 is 13.9 Å². The van der Waals surface area contributed by atoms with Gasteiger partial charge in [-0.3, -0.25) is 9.59 Å². The van der Waals surface area contributed by atoms with Gasteiger partial charge in [-0.15, -0.1) is 0 Å². The van der Waals surface area contributed by atoms with Crippen molar-refractivity contribution in [3.8, 4) is 0 Å². The summed E-state index contributed by atoms with van der Waals surface area (Å²) in [5.41, 5.74) is 6.55. The molecular weight excluding hydrogens is 354 g/mol. The van der Waals surface area contributed by atoms with E-state index in [4.69, 9.17) is 5.73 Å². The molecule has 154 valence electrons. The zero-order valence-corrected chi connectivity index (χ0v) is 16.6. The molecule has 1 aliphatic heterocycles. The zero-order valence-electron chi connectivity index (χ0n) is 16.6. The maximum atomic E-state index is 13.1. The highest BCUT2D eigenvalue weighted by atomic mass is 16.1. The van der Waals surface area contributed by atoms with Crippen molar-refractivity contribution in [1.82, 2.24) is 15.3 Å². The standard InChI is InChI=1S/C21H27N5O2.3H2/c1-13(2)11-15-12-26(10-9-23-15)18-7-6-16(14(3)27)19(25-18)20(28)17-5-4-8-24-21(17)22;;;/h4-8,13,15,23H,9-12H2,1-3H3,(H2,22,24);3*1H/t15-;;;/m0.../s1. The fourth-order valence-corrected chi connectivity index (χ4v) is 3.58. The third-order valence-corrected chi connectivity index (χ3v) is 4.89. The lowest BCUT2D eigenvalue weighted by Gasteiger charge is -2.35. The minimum absolute atomic E-state index is 0. The summed E-state index contributed by atoms with van der Waals surface area (Å²) in [6.45, 7) is 8.30. The number of Topliss-reactive ketones (excluding diaryl/α,β-unsaturated/α-hetero) is 1. The van der Waals surface area contributed by atoms with E-state index in [9.17, 15) is 9.59 Å². The Morgan fingerprint density at radius 2 is 2.11 bits per heavy atom. The Morgan fingerprint density at radius 1 is 1.32 bits per heavy atom. The third-order valence-electron chi connectivity index (χ3n) is 4.89. The molecule has 1 saturated heterocycles. The number of aromatic nitrogens is 2. The fourth-order valence-electron chi connectivity index (χ4n) is 3.58. The van der Waals surface area contributed by atoms with E-state index < -0.39 is 0 Å². The summed E-state index contributed by atoms with van der Waals surface area (Å²) >= 11 is 0. The van der Waals surface area contributed by atoms with E-state index in [1.54, 1.807) is 18.2 Å². The van der Waals surface area contributed by atoms with Crippen molar-refractivity contribution in [2.45, 2.75) is 33.2 Å². The number of carbonyl (C=O) groups excluding carboxylic acids is 2. The molecule has 7 heteroatoms. The average Bonchev–Trinajstić information content (AvgIpc) is 2.67. The van der Waals surface area contributed by atoms with Crippen molar-refractivity contribution in [3.63, 3.8) is 0 Å². The van der Waals surface area contributed by atoms with Crippen LogP contribution in [0.15, 0.2) is 30.5 Å². The van der Waals surface area contributed by atoms with Gasteiger partial charge < -0.3 is 16.0 Å². The molecule has 2 aromatic heterocycles. The summed E-state index contributed by atoms with van der Waals surface area (Å²) in [5, 5.41) is 3.54. The molecule has 1 fully saturated rings. The molecule has 28 heavy (non-hydrogen) atoms. The first-order valence-corrected chi connectivity index (χ1v) is 9.62. The Kier molecular flexibility index (Phi) is 6.04. The van der Waals surface area contributed by atoms with Crippen LogP contribution >= 0.6 is 0 Å². The second kappa shape index (κ2) is 8.48. The number of rotatable bonds is 6. The van der Waals surface area contributed by atoms with E-state index in [1.165, 1.54) is 13.1 Å². The number of ketones is 2. The molecule has 3 N–H and O–H groups in total. The maximum absolute atomic E-state index is 13.1. The topological polar surface area (TPSA) is 101 Å². The first kappa shape index (κ1) is 19.9. The molecule has 0 bridgehead atoms. The Balaban J connectivity index is 0.00000300. The molecule has 0 unspecified atom stereocenters. The highest BCUT2D eigenvalue weighted by molar-refractivity contribution is 6.16. The summed E-state index contributed by atoms with van der Waals surface area (Å²) in [6.07, 6.45) is 2.59. The Bertz CT molecular complexity index is 895. The molecule has 0 saturated carbocycles. The van der Waals surface area contributed by atoms with Gasteiger partial charge in [0, 0.05) is 41.7 Å². The summed E-state index contributed by atoms with van der Waals surface area (Å²) in [4.78, 5) is 35.9. The number of nitrogen functional groups attached to an aromatic ring is 1. The van der Waals surface area contributed by atoms with E-state index in [2.05, 4.69) is 34.0 Å². The van der Waals surface area contributed by atoms with Crippen LogP contribution in [0.5, 0.6) is 0 Å². The lowest BCUT2D eigenvalue weighted by atomic mass is 10.0. The summed E-state index contributed by atoms with van der Waals surface area (Å²) < 4.78 is 0. The van der Waals surface area contributed by atoms with E-state index in [0.717, 1.165) is 26.1 Å². The summed E-state index contributed by atoms with van der Waals surface area (Å²) in [7, 11) is 0. The van der Waals surface area contributed by atoms with Gasteiger partial charge in [0.05, 0.1) is 5.56 Å². The van der Waals surface area contributed by atoms with Crippen LogP contribution in [-0.2, 0) is 0 Å². The first-order chi connectivity index (χ1) is 13.4. The minimum Gasteiger partial charge on any atom is -0.383 e. The van der Waals surface area contributed by atoms with Gasteiger partial charge in [0.2, 0.25) is 5.78 Å². The quantitative estimate of drug-likeness (QED) is 0.735. The number of hydrogen-bond donors (Lipinski definition) is 2. The van der Waals surface area contributed by atoms with Crippen molar-refractivity contribution in [3.05, 3.63) is 47.3 Å². The molecule has 1 aliphatic rings. The molecular formula is C21H33N5O2. The molecule has 3 rings (SSSR count). The van der Waals surface area contributed by atoms with E-state index >= 15 is 0 Å². The van der Waals surface area contributed by atoms with Gasteiger partial charge in [-0.25, -0.2) is 9.97 Å².